The van der Waals surface area contributed by atoms with Gasteiger partial charge in [0.1, 0.15) is 18.1 Å². The molecule has 1 aliphatic heterocycles. The number of hydrogen-bond donors (Lipinski definition) is 0. The average Bonchev–Trinajstić information content (AvgIpc) is 3.41. The first-order valence-corrected chi connectivity index (χ1v) is 14.8. The lowest BCUT2D eigenvalue weighted by molar-refractivity contribution is -0.135. The van der Waals surface area contributed by atoms with Crippen LogP contribution in [-0.2, 0) is 26.0 Å². The molecule has 0 spiro atoms. The number of carbonyl (C=O) groups excluding carboxylic acids is 1. The van der Waals surface area contributed by atoms with Gasteiger partial charge in [-0.1, -0.05) is 17.7 Å². The van der Waals surface area contributed by atoms with Crippen LogP contribution in [0.1, 0.15) is 28.5 Å². The minimum atomic E-state index is -3.92. The smallest absolute Gasteiger partial charge is 0.243 e. The maximum absolute atomic E-state index is 13.7. The lowest BCUT2D eigenvalue weighted by Crippen LogP contribution is -2.48. The highest BCUT2D eigenvalue weighted by atomic mass is 32.2. The standard InChI is InChI=1S/C28H34N2O6S2/c1-21-5-7-23(8-6-21)36-20-26-25-14-18-37-27(25)13-16-30(26)28(31)19-29(15-4-17-34-2)38(32,33)24-11-9-22(35-3)10-12-24/h5-12,14,18,26H,4,13,15-17,19-20H2,1-3H3/t26-/m0/s1. The maximum atomic E-state index is 13.7. The summed E-state index contributed by atoms with van der Waals surface area (Å²) in [5, 5.41) is 2.03. The molecule has 4 rings (SSSR count). The molecular weight excluding hydrogens is 524 g/mol. The van der Waals surface area contributed by atoms with Gasteiger partial charge in [0, 0.05) is 31.7 Å². The molecule has 204 valence electrons. The average molecular weight is 559 g/mol. The van der Waals surface area contributed by atoms with Gasteiger partial charge in [-0.3, -0.25) is 4.79 Å². The summed E-state index contributed by atoms with van der Waals surface area (Å²) in [4.78, 5) is 16.8. The molecule has 0 saturated heterocycles. The predicted octanol–water partition coefficient (Wildman–Crippen LogP) is 4.30. The van der Waals surface area contributed by atoms with E-state index >= 15 is 0 Å². The molecule has 1 atom stereocenters. The Morgan fingerprint density at radius 3 is 2.45 bits per heavy atom. The van der Waals surface area contributed by atoms with Gasteiger partial charge in [-0.25, -0.2) is 8.42 Å². The fourth-order valence-corrected chi connectivity index (χ4v) is 6.85. The van der Waals surface area contributed by atoms with Crippen molar-refractivity contribution in [2.24, 2.45) is 0 Å². The summed E-state index contributed by atoms with van der Waals surface area (Å²) >= 11 is 1.67. The van der Waals surface area contributed by atoms with Crippen LogP contribution in [-0.4, -0.2) is 70.6 Å². The van der Waals surface area contributed by atoms with Gasteiger partial charge >= 0.3 is 0 Å². The molecule has 0 unspecified atom stereocenters. The third-order valence-electron chi connectivity index (χ3n) is 6.61. The summed E-state index contributed by atoms with van der Waals surface area (Å²) in [6, 6.07) is 15.7. The molecule has 0 radical (unpaired) electrons. The molecule has 0 saturated carbocycles. The van der Waals surface area contributed by atoms with Crippen molar-refractivity contribution < 1.29 is 27.4 Å². The van der Waals surface area contributed by atoms with Gasteiger partial charge in [-0.15, -0.1) is 11.3 Å². The first-order chi connectivity index (χ1) is 18.3. The fraction of sp³-hybridized carbons (Fsp3) is 0.393. The molecule has 1 aromatic heterocycles. The van der Waals surface area contributed by atoms with Crippen LogP contribution in [0.5, 0.6) is 11.5 Å². The highest BCUT2D eigenvalue weighted by molar-refractivity contribution is 7.89. The van der Waals surface area contributed by atoms with Gasteiger partial charge < -0.3 is 19.1 Å². The van der Waals surface area contributed by atoms with Crippen molar-refractivity contribution in [3.8, 4) is 11.5 Å². The monoisotopic (exact) mass is 558 g/mol. The molecule has 2 aromatic carbocycles. The van der Waals surface area contributed by atoms with E-state index in [2.05, 4.69) is 0 Å². The van der Waals surface area contributed by atoms with Crippen molar-refractivity contribution in [1.82, 2.24) is 9.21 Å². The predicted molar refractivity (Wildman–Crippen MR) is 147 cm³/mol. The third-order valence-corrected chi connectivity index (χ3v) is 9.46. The zero-order valence-electron chi connectivity index (χ0n) is 22.0. The van der Waals surface area contributed by atoms with E-state index in [9.17, 15) is 13.2 Å². The summed E-state index contributed by atoms with van der Waals surface area (Å²) < 4.78 is 44.8. The molecule has 0 fully saturated rings. The van der Waals surface area contributed by atoms with E-state index in [4.69, 9.17) is 14.2 Å². The number of benzene rings is 2. The summed E-state index contributed by atoms with van der Waals surface area (Å²) in [6.45, 7) is 3.09. The summed E-state index contributed by atoms with van der Waals surface area (Å²) in [7, 11) is -0.830. The van der Waals surface area contributed by atoms with Crippen LogP contribution >= 0.6 is 11.3 Å². The number of nitrogens with zero attached hydrogens (tertiary/aromatic N) is 2. The first kappa shape index (κ1) is 28.1. The quantitative estimate of drug-likeness (QED) is 0.308. The van der Waals surface area contributed by atoms with E-state index in [0.717, 1.165) is 23.3 Å². The zero-order valence-corrected chi connectivity index (χ0v) is 23.6. The van der Waals surface area contributed by atoms with E-state index < -0.39 is 10.0 Å². The van der Waals surface area contributed by atoms with Gasteiger partial charge in [0.05, 0.1) is 24.6 Å². The lowest BCUT2D eigenvalue weighted by atomic mass is 10.0. The topological polar surface area (TPSA) is 85.4 Å². The Balaban J connectivity index is 1.55. The maximum Gasteiger partial charge on any atom is 0.243 e. The van der Waals surface area contributed by atoms with Crippen molar-refractivity contribution in [2.45, 2.75) is 30.7 Å². The van der Waals surface area contributed by atoms with E-state index in [-0.39, 0.29) is 36.5 Å². The number of carbonyl (C=O) groups is 1. The van der Waals surface area contributed by atoms with Crippen LogP contribution in [0, 0.1) is 6.92 Å². The van der Waals surface area contributed by atoms with Crippen molar-refractivity contribution in [1.29, 1.82) is 0 Å². The molecule has 0 aliphatic carbocycles. The second kappa shape index (κ2) is 12.8. The van der Waals surface area contributed by atoms with Crippen molar-refractivity contribution in [3.05, 3.63) is 76.0 Å². The van der Waals surface area contributed by atoms with E-state index in [0.29, 0.717) is 25.3 Å². The highest BCUT2D eigenvalue weighted by Gasteiger charge is 2.35. The Kier molecular flexibility index (Phi) is 9.43. The van der Waals surface area contributed by atoms with Crippen molar-refractivity contribution >= 4 is 27.3 Å². The van der Waals surface area contributed by atoms with Crippen LogP contribution in [0.2, 0.25) is 0 Å². The molecule has 0 bridgehead atoms. The number of fused-ring (bicyclic) bond motifs is 1. The number of ether oxygens (including phenoxy) is 3. The fourth-order valence-electron chi connectivity index (χ4n) is 4.49. The normalized spacial score (nSPS) is 15.4. The van der Waals surface area contributed by atoms with Crippen LogP contribution in [0.3, 0.4) is 0 Å². The zero-order chi connectivity index (χ0) is 27.1. The molecule has 3 aromatic rings. The lowest BCUT2D eigenvalue weighted by Gasteiger charge is -2.37. The first-order valence-electron chi connectivity index (χ1n) is 12.5. The Bertz CT molecular complexity index is 1310. The number of aryl methyl sites for hydroxylation is 1. The number of thiophene rings is 1. The van der Waals surface area contributed by atoms with Gasteiger partial charge in [-0.05, 0) is 73.2 Å². The van der Waals surface area contributed by atoms with Crippen molar-refractivity contribution in [3.63, 3.8) is 0 Å². The highest BCUT2D eigenvalue weighted by Crippen LogP contribution is 2.34. The Morgan fingerprint density at radius 1 is 1.05 bits per heavy atom. The molecule has 38 heavy (non-hydrogen) atoms. The van der Waals surface area contributed by atoms with Gasteiger partial charge in [-0.2, -0.15) is 4.31 Å². The van der Waals surface area contributed by atoms with Crippen LogP contribution in [0.15, 0.2) is 64.9 Å². The second-order valence-electron chi connectivity index (χ2n) is 9.14. The molecule has 1 aliphatic rings. The number of hydrogen-bond acceptors (Lipinski definition) is 7. The van der Waals surface area contributed by atoms with Gasteiger partial charge in [0.2, 0.25) is 15.9 Å². The van der Waals surface area contributed by atoms with Crippen LogP contribution < -0.4 is 9.47 Å². The Hall–Kier alpha value is -2.92. The molecule has 0 N–H and O–H groups in total. The van der Waals surface area contributed by atoms with Crippen LogP contribution in [0.4, 0.5) is 0 Å². The van der Waals surface area contributed by atoms with E-state index in [1.165, 1.54) is 28.4 Å². The molecule has 2 heterocycles. The molecule has 8 nitrogen and oxygen atoms in total. The summed E-state index contributed by atoms with van der Waals surface area (Å²) in [5.41, 5.74) is 2.20. The minimum absolute atomic E-state index is 0.113. The van der Waals surface area contributed by atoms with Crippen molar-refractivity contribution in [2.75, 3.05) is 47.1 Å². The number of methoxy groups -OCH3 is 2. The Labute approximate surface area is 228 Å². The third kappa shape index (κ3) is 6.55. The molecule has 10 heteroatoms. The second-order valence-corrected chi connectivity index (χ2v) is 12.1. The summed E-state index contributed by atoms with van der Waals surface area (Å²) in [5.74, 6) is 1.03. The number of amides is 1. The number of sulfonamides is 1. The largest absolute Gasteiger partial charge is 0.497 e. The van der Waals surface area contributed by atoms with E-state index in [1.807, 2.05) is 42.6 Å². The number of rotatable bonds is 12. The Morgan fingerprint density at radius 2 is 1.76 bits per heavy atom. The van der Waals surface area contributed by atoms with Crippen LogP contribution in [0.25, 0.3) is 0 Å². The SMILES string of the molecule is COCCCN(CC(=O)N1CCc2sccc2[C@@H]1COc1ccc(C)cc1)S(=O)(=O)c1ccc(OC)cc1. The summed E-state index contributed by atoms with van der Waals surface area (Å²) in [6.07, 6.45) is 1.20. The van der Waals surface area contributed by atoms with Gasteiger partial charge in [0.15, 0.2) is 0 Å². The van der Waals surface area contributed by atoms with E-state index in [1.54, 1.807) is 35.5 Å². The minimum Gasteiger partial charge on any atom is -0.497 e. The molecule has 1 amide bonds. The van der Waals surface area contributed by atoms with Gasteiger partial charge in [0.25, 0.3) is 0 Å². The molecular formula is C28H34N2O6S2.